The highest BCUT2D eigenvalue weighted by molar-refractivity contribution is 4.84. The van der Waals surface area contributed by atoms with Crippen LogP contribution in [0.5, 0.6) is 0 Å². The Hall–Kier alpha value is -0.120. The topological polar surface area (TPSA) is 24.5 Å². The number of rotatable bonds is 5. The zero-order valence-corrected chi connectivity index (χ0v) is 13.0. The van der Waals surface area contributed by atoms with E-state index in [-0.39, 0.29) is 0 Å². The van der Waals surface area contributed by atoms with Gasteiger partial charge in [0.05, 0.1) is 6.10 Å². The minimum atomic E-state index is 0.479. The number of nitrogens with zero attached hydrogens (tertiary/aromatic N) is 1. The summed E-state index contributed by atoms with van der Waals surface area (Å²) in [5.74, 6) is 1.70. The van der Waals surface area contributed by atoms with Crippen molar-refractivity contribution in [3.8, 4) is 0 Å². The molecule has 3 heteroatoms. The van der Waals surface area contributed by atoms with Crippen LogP contribution in [0.3, 0.4) is 0 Å². The molecular weight excluding hydrogens is 236 g/mol. The van der Waals surface area contributed by atoms with Gasteiger partial charge in [0.1, 0.15) is 0 Å². The Labute approximate surface area is 119 Å². The first-order valence-electron chi connectivity index (χ1n) is 8.16. The van der Waals surface area contributed by atoms with Gasteiger partial charge in [0.2, 0.25) is 0 Å². The summed E-state index contributed by atoms with van der Waals surface area (Å²) in [6.07, 6.45) is 8.43. The lowest BCUT2D eigenvalue weighted by molar-refractivity contribution is -0.00566. The van der Waals surface area contributed by atoms with Gasteiger partial charge in [-0.3, -0.25) is 0 Å². The molecule has 1 saturated heterocycles. The van der Waals surface area contributed by atoms with Crippen molar-refractivity contribution in [2.45, 2.75) is 57.6 Å². The van der Waals surface area contributed by atoms with Crippen molar-refractivity contribution in [1.82, 2.24) is 10.2 Å². The molecule has 0 aromatic rings. The molecule has 0 bridgehead atoms. The molecule has 1 saturated carbocycles. The molecular formula is C16H32N2O. The van der Waals surface area contributed by atoms with Crippen LogP contribution in [0.2, 0.25) is 0 Å². The van der Waals surface area contributed by atoms with Crippen molar-refractivity contribution in [1.29, 1.82) is 0 Å². The van der Waals surface area contributed by atoms with Crippen LogP contribution in [0.4, 0.5) is 0 Å². The third kappa shape index (κ3) is 4.73. The lowest BCUT2D eigenvalue weighted by atomic mass is 9.78. The molecule has 1 heterocycles. The Morgan fingerprint density at radius 3 is 2.68 bits per heavy atom. The summed E-state index contributed by atoms with van der Waals surface area (Å²) in [7, 11) is 4.39. The average molecular weight is 268 g/mol. The van der Waals surface area contributed by atoms with Gasteiger partial charge in [0.15, 0.2) is 0 Å². The van der Waals surface area contributed by atoms with E-state index < -0.39 is 0 Å². The fourth-order valence-electron chi connectivity index (χ4n) is 3.85. The standard InChI is InChI=1S/C16H32N2O/c1-13-7-8-16(17-2)14(10-13)11-18(3)12-15-6-4-5-9-19-15/h13-17H,4-12H2,1-3H3. The van der Waals surface area contributed by atoms with Crippen molar-refractivity contribution >= 4 is 0 Å². The fraction of sp³-hybridized carbons (Fsp3) is 1.00. The summed E-state index contributed by atoms with van der Waals surface area (Å²) >= 11 is 0. The molecule has 0 radical (unpaired) electrons. The molecule has 1 aliphatic carbocycles. The Balaban J connectivity index is 1.77. The van der Waals surface area contributed by atoms with Crippen molar-refractivity contribution in [3.05, 3.63) is 0 Å². The third-order valence-electron chi connectivity index (χ3n) is 4.95. The second kappa shape index (κ2) is 7.61. The molecule has 19 heavy (non-hydrogen) atoms. The molecule has 4 unspecified atom stereocenters. The Morgan fingerprint density at radius 2 is 2.00 bits per heavy atom. The smallest absolute Gasteiger partial charge is 0.0701 e. The molecule has 0 aromatic heterocycles. The Kier molecular flexibility index (Phi) is 6.11. The van der Waals surface area contributed by atoms with Crippen LogP contribution in [-0.2, 0) is 4.74 Å². The molecule has 3 nitrogen and oxygen atoms in total. The zero-order valence-electron chi connectivity index (χ0n) is 13.0. The highest BCUT2D eigenvalue weighted by Crippen LogP contribution is 2.29. The first-order valence-corrected chi connectivity index (χ1v) is 8.16. The van der Waals surface area contributed by atoms with Gasteiger partial charge in [0.25, 0.3) is 0 Å². The van der Waals surface area contributed by atoms with Crippen molar-refractivity contribution < 1.29 is 4.74 Å². The lowest BCUT2D eigenvalue weighted by Gasteiger charge is -2.38. The third-order valence-corrected chi connectivity index (χ3v) is 4.95. The minimum absolute atomic E-state index is 0.479. The average Bonchev–Trinajstić information content (AvgIpc) is 2.40. The summed E-state index contributed by atoms with van der Waals surface area (Å²) in [4.78, 5) is 2.50. The molecule has 2 rings (SSSR count). The minimum Gasteiger partial charge on any atom is -0.377 e. The predicted octanol–water partition coefficient (Wildman–Crippen LogP) is 2.51. The van der Waals surface area contributed by atoms with E-state index in [1.165, 1.54) is 45.1 Å². The number of nitrogens with one attached hydrogen (secondary N) is 1. The summed E-state index contributed by atoms with van der Waals surface area (Å²) in [6.45, 7) is 5.71. The largest absolute Gasteiger partial charge is 0.377 e. The summed E-state index contributed by atoms with van der Waals surface area (Å²) < 4.78 is 5.85. The second-order valence-electron chi connectivity index (χ2n) is 6.78. The zero-order chi connectivity index (χ0) is 13.7. The van der Waals surface area contributed by atoms with E-state index >= 15 is 0 Å². The normalized spacial score (nSPS) is 36.6. The van der Waals surface area contributed by atoms with Crippen LogP contribution >= 0.6 is 0 Å². The van der Waals surface area contributed by atoms with E-state index in [0.29, 0.717) is 12.1 Å². The molecule has 0 amide bonds. The van der Waals surface area contributed by atoms with Gasteiger partial charge in [-0.1, -0.05) is 6.92 Å². The van der Waals surface area contributed by atoms with E-state index in [0.717, 1.165) is 25.0 Å². The van der Waals surface area contributed by atoms with Crippen LogP contribution in [0.15, 0.2) is 0 Å². The lowest BCUT2D eigenvalue weighted by Crippen LogP contribution is -2.45. The van der Waals surface area contributed by atoms with E-state index in [1.807, 2.05) is 0 Å². The summed E-state index contributed by atoms with van der Waals surface area (Å²) in [5.41, 5.74) is 0. The Bertz CT molecular complexity index is 253. The quantitative estimate of drug-likeness (QED) is 0.829. The van der Waals surface area contributed by atoms with Crippen LogP contribution < -0.4 is 5.32 Å². The van der Waals surface area contributed by atoms with Crippen LogP contribution in [0, 0.1) is 11.8 Å². The van der Waals surface area contributed by atoms with Crippen molar-refractivity contribution in [2.24, 2.45) is 11.8 Å². The van der Waals surface area contributed by atoms with Crippen LogP contribution in [-0.4, -0.2) is 50.8 Å². The number of likely N-dealkylation sites (N-methyl/N-ethyl adjacent to an activating group) is 1. The predicted molar refractivity (Wildman–Crippen MR) is 80.4 cm³/mol. The molecule has 1 aliphatic heterocycles. The van der Waals surface area contributed by atoms with Gasteiger partial charge in [-0.2, -0.15) is 0 Å². The monoisotopic (exact) mass is 268 g/mol. The van der Waals surface area contributed by atoms with Gasteiger partial charge >= 0.3 is 0 Å². The van der Waals surface area contributed by atoms with Crippen molar-refractivity contribution in [2.75, 3.05) is 33.8 Å². The van der Waals surface area contributed by atoms with E-state index in [2.05, 4.69) is 31.2 Å². The molecule has 2 aliphatic rings. The first-order chi connectivity index (χ1) is 9.19. The van der Waals surface area contributed by atoms with Gasteiger partial charge in [0, 0.05) is 25.7 Å². The fourth-order valence-corrected chi connectivity index (χ4v) is 3.85. The summed E-state index contributed by atoms with van der Waals surface area (Å²) in [5, 5.41) is 3.53. The maximum Gasteiger partial charge on any atom is 0.0701 e. The molecule has 2 fully saturated rings. The van der Waals surface area contributed by atoms with Crippen LogP contribution in [0.1, 0.15) is 45.4 Å². The molecule has 4 atom stereocenters. The summed E-state index contributed by atoms with van der Waals surface area (Å²) in [6, 6.07) is 0.714. The van der Waals surface area contributed by atoms with Gasteiger partial charge in [-0.05, 0) is 64.5 Å². The number of hydrogen-bond acceptors (Lipinski definition) is 3. The maximum absolute atomic E-state index is 5.85. The SMILES string of the molecule is CNC1CCC(C)CC1CN(C)CC1CCCCO1. The van der Waals surface area contributed by atoms with Gasteiger partial charge < -0.3 is 15.0 Å². The first kappa shape index (κ1) is 15.3. The Morgan fingerprint density at radius 1 is 1.16 bits per heavy atom. The molecule has 1 N–H and O–H groups in total. The molecule has 0 aromatic carbocycles. The van der Waals surface area contributed by atoms with Gasteiger partial charge in [-0.25, -0.2) is 0 Å². The highest BCUT2D eigenvalue weighted by Gasteiger charge is 2.29. The van der Waals surface area contributed by atoms with E-state index in [1.54, 1.807) is 0 Å². The highest BCUT2D eigenvalue weighted by atomic mass is 16.5. The maximum atomic E-state index is 5.85. The second-order valence-corrected chi connectivity index (χ2v) is 6.78. The van der Waals surface area contributed by atoms with E-state index in [9.17, 15) is 0 Å². The molecule has 0 spiro atoms. The number of hydrogen-bond donors (Lipinski definition) is 1. The van der Waals surface area contributed by atoms with Gasteiger partial charge in [-0.15, -0.1) is 0 Å². The van der Waals surface area contributed by atoms with Crippen LogP contribution in [0.25, 0.3) is 0 Å². The molecule has 112 valence electrons. The number of ether oxygens (including phenoxy) is 1. The van der Waals surface area contributed by atoms with E-state index in [4.69, 9.17) is 4.74 Å². The van der Waals surface area contributed by atoms with Crippen molar-refractivity contribution in [3.63, 3.8) is 0 Å².